The molecule has 1 N–H and O–H groups in total. The summed E-state index contributed by atoms with van der Waals surface area (Å²) in [5, 5.41) is 5.17. The number of nitrogens with one attached hydrogen (secondary N) is 1. The van der Waals surface area contributed by atoms with Crippen LogP contribution in [0.5, 0.6) is 0 Å². The first kappa shape index (κ1) is 17.3. The predicted molar refractivity (Wildman–Crippen MR) is 110 cm³/mol. The Hall–Kier alpha value is -2.10. The maximum absolute atomic E-state index is 13.2. The second-order valence-corrected chi connectivity index (χ2v) is 8.13. The second-order valence-electron chi connectivity index (χ2n) is 6.59. The van der Waals surface area contributed by atoms with Crippen LogP contribution in [-0.4, -0.2) is 5.78 Å². The molecule has 0 fully saturated rings. The molecule has 0 spiro atoms. The van der Waals surface area contributed by atoms with Crippen molar-refractivity contribution in [2.24, 2.45) is 0 Å². The number of carbonyl (C=O) groups excluding carboxylic acids is 1. The van der Waals surface area contributed by atoms with Crippen LogP contribution in [0.15, 0.2) is 54.6 Å². The highest BCUT2D eigenvalue weighted by atomic mass is 35.5. The van der Waals surface area contributed by atoms with Crippen molar-refractivity contribution >= 4 is 33.7 Å². The Bertz CT molecular complexity index is 915. The van der Waals surface area contributed by atoms with E-state index >= 15 is 0 Å². The second kappa shape index (κ2) is 7.65. The predicted octanol–water partition coefficient (Wildman–Crippen LogP) is 6.12. The number of benzene rings is 2. The van der Waals surface area contributed by atoms with Gasteiger partial charge in [0.25, 0.3) is 0 Å². The molecule has 1 aliphatic carbocycles. The molecule has 2 nitrogen and oxygen atoms in total. The number of rotatable bonds is 5. The molecule has 1 aliphatic rings. The van der Waals surface area contributed by atoms with Crippen LogP contribution >= 0.6 is 22.9 Å². The van der Waals surface area contributed by atoms with E-state index in [0.29, 0.717) is 10.6 Å². The minimum absolute atomic E-state index is 0.0941. The summed E-state index contributed by atoms with van der Waals surface area (Å²) in [6.07, 6.45) is 4.43. The van der Waals surface area contributed by atoms with E-state index in [0.717, 1.165) is 36.4 Å². The van der Waals surface area contributed by atoms with Gasteiger partial charge in [0.15, 0.2) is 5.78 Å². The lowest BCUT2D eigenvalue weighted by Crippen LogP contribution is -2.10. The zero-order valence-corrected chi connectivity index (χ0v) is 16.0. The molecule has 0 bridgehead atoms. The summed E-state index contributed by atoms with van der Waals surface area (Å²) >= 11 is 7.73. The molecule has 0 atom stereocenters. The summed E-state index contributed by atoms with van der Waals surface area (Å²) in [4.78, 5) is 14.6. The smallest absolute Gasteiger partial charge is 0.196 e. The van der Waals surface area contributed by atoms with Crippen molar-refractivity contribution < 1.29 is 4.79 Å². The fraction of sp³-hybridized carbons (Fsp3) is 0.227. The number of thiophene rings is 1. The molecule has 132 valence electrons. The van der Waals surface area contributed by atoms with Gasteiger partial charge < -0.3 is 5.32 Å². The topological polar surface area (TPSA) is 29.1 Å². The Labute approximate surface area is 162 Å². The average Bonchev–Trinajstić information content (AvgIpc) is 3.05. The Morgan fingerprint density at radius 1 is 1.00 bits per heavy atom. The Morgan fingerprint density at radius 2 is 1.73 bits per heavy atom. The van der Waals surface area contributed by atoms with E-state index in [-0.39, 0.29) is 5.78 Å². The molecule has 1 heterocycles. The molecule has 26 heavy (non-hydrogen) atoms. The number of ketones is 1. The van der Waals surface area contributed by atoms with Gasteiger partial charge in [-0.1, -0.05) is 41.9 Å². The van der Waals surface area contributed by atoms with Gasteiger partial charge in [0.05, 0.1) is 5.56 Å². The molecule has 0 amide bonds. The largest absolute Gasteiger partial charge is 0.372 e. The molecule has 2 aromatic carbocycles. The van der Waals surface area contributed by atoms with Gasteiger partial charge in [-0.05, 0) is 61.1 Å². The number of hydrogen-bond acceptors (Lipinski definition) is 3. The van der Waals surface area contributed by atoms with Crippen molar-refractivity contribution in [3.63, 3.8) is 0 Å². The third-order valence-electron chi connectivity index (χ3n) is 4.80. The van der Waals surface area contributed by atoms with Crippen LogP contribution in [-0.2, 0) is 19.4 Å². The third kappa shape index (κ3) is 3.55. The molecular weight excluding hydrogens is 362 g/mol. The van der Waals surface area contributed by atoms with Crippen LogP contribution in [0.4, 0.5) is 5.00 Å². The first-order chi connectivity index (χ1) is 12.7. The molecule has 0 radical (unpaired) electrons. The highest BCUT2D eigenvalue weighted by Crippen LogP contribution is 2.39. The molecular formula is C22H20ClNOS. The average molecular weight is 382 g/mol. The maximum atomic E-state index is 13.2. The first-order valence-corrected chi connectivity index (χ1v) is 10.1. The van der Waals surface area contributed by atoms with E-state index in [9.17, 15) is 4.79 Å². The Morgan fingerprint density at radius 3 is 2.50 bits per heavy atom. The number of halogens is 1. The summed E-state index contributed by atoms with van der Waals surface area (Å²) in [5.74, 6) is 0.0941. The van der Waals surface area contributed by atoms with Gasteiger partial charge in [-0.15, -0.1) is 11.3 Å². The van der Waals surface area contributed by atoms with Gasteiger partial charge in [-0.2, -0.15) is 0 Å². The number of carbonyl (C=O) groups is 1. The summed E-state index contributed by atoms with van der Waals surface area (Å²) < 4.78 is 0. The van der Waals surface area contributed by atoms with Crippen molar-refractivity contribution in [3.05, 3.63) is 86.8 Å². The molecule has 0 unspecified atom stereocenters. The quantitative estimate of drug-likeness (QED) is 0.539. The van der Waals surface area contributed by atoms with Crippen LogP contribution in [0.3, 0.4) is 0 Å². The van der Waals surface area contributed by atoms with Gasteiger partial charge in [0.2, 0.25) is 0 Å². The van der Waals surface area contributed by atoms with Gasteiger partial charge in [0, 0.05) is 22.0 Å². The monoisotopic (exact) mass is 381 g/mol. The fourth-order valence-corrected chi connectivity index (χ4v) is 4.86. The highest BCUT2D eigenvalue weighted by Gasteiger charge is 2.26. The lowest BCUT2D eigenvalue weighted by Gasteiger charge is -2.13. The molecule has 4 rings (SSSR count). The van der Waals surface area contributed by atoms with Crippen LogP contribution < -0.4 is 5.32 Å². The molecule has 4 heteroatoms. The lowest BCUT2D eigenvalue weighted by atomic mass is 9.92. The fourth-order valence-electron chi connectivity index (χ4n) is 3.45. The number of anilines is 1. The van der Waals surface area contributed by atoms with Gasteiger partial charge in [0.1, 0.15) is 5.00 Å². The third-order valence-corrected chi connectivity index (χ3v) is 6.30. The minimum Gasteiger partial charge on any atom is -0.372 e. The SMILES string of the molecule is O=C(c1ccc(Cl)cc1)c1c(NCc2ccccc2)sc2c1CCCC2. The normalized spacial score (nSPS) is 13.3. The van der Waals surface area contributed by atoms with Crippen LogP contribution in [0, 0.1) is 0 Å². The van der Waals surface area contributed by atoms with Gasteiger partial charge >= 0.3 is 0 Å². The lowest BCUT2D eigenvalue weighted by molar-refractivity contribution is 0.103. The zero-order chi connectivity index (χ0) is 17.9. The van der Waals surface area contributed by atoms with Crippen molar-refractivity contribution in [1.82, 2.24) is 0 Å². The molecule has 0 saturated carbocycles. The number of aryl methyl sites for hydroxylation is 1. The van der Waals surface area contributed by atoms with Crippen molar-refractivity contribution in [1.29, 1.82) is 0 Å². The summed E-state index contributed by atoms with van der Waals surface area (Å²) in [7, 11) is 0. The number of hydrogen-bond donors (Lipinski definition) is 1. The molecule has 0 aliphatic heterocycles. The van der Waals surface area contributed by atoms with Crippen LogP contribution in [0.1, 0.15) is 44.8 Å². The van der Waals surface area contributed by atoms with E-state index in [1.54, 1.807) is 23.5 Å². The van der Waals surface area contributed by atoms with Gasteiger partial charge in [-0.3, -0.25) is 4.79 Å². The molecule has 3 aromatic rings. The van der Waals surface area contributed by atoms with Crippen molar-refractivity contribution in [3.8, 4) is 0 Å². The molecule has 0 saturated heterocycles. The Kier molecular flexibility index (Phi) is 5.09. The number of fused-ring (bicyclic) bond motifs is 1. The summed E-state index contributed by atoms with van der Waals surface area (Å²) in [5.41, 5.74) is 4.02. The van der Waals surface area contributed by atoms with E-state index in [1.165, 1.54) is 22.4 Å². The summed E-state index contributed by atoms with van der Waals surface area (Å²) in [6, 6.07) is 17.5. The minimum atomic E-state index is 0.0941. The van der Waals surface area contributed by atoms with Crippen molar-refractivity contribution in [2.45, 2.75) is 32.2 Å². The highest BCUT2D eigenvalue weighted by molar-refractivity contribution is 7.16. The van der Waals surface area contributed by atoms with Crippen molar-refractivity contribution in [2.75, 3.05) is 5.32 Å². The maximum Gasteiger partial charge on any atom is 0.196 e. The standard InChI is InChI=1S/C22H20ClNOS/c23-17-12-10-16(11-13-17)21(25)20-18-8-4-5-9-19(18)26-22(20)24-14-15-6-2-1-3-7-15/h1-3,6-7,10-13,24H,4-5,8-9,14H2. The van der Waals surface area contributed by atoms with Gasteiger partial charge in [-0.25, -0.2) is 0 Å². The van der Waals surface area contributed by atoms with Crippen LogP contribution in [0.2, 0.25) is 5.02 Å². The Balaban J connectivity index is 1.68. The molecule has 1 aromatic heterocycles. The van der Waals surface area contributed by atoms with E-state index in [4.69, 9.17) is 11.6 Å². The van der Waals surface area contributed by atoms with E-state index in [2.05, 4.69) is 17.4 Å². The van der Waals surface area contributed by atoms with E-state index < -0.39 is 0 Å². The van der Waals surface area contributed by atoms with Crippen LogP contribution in [0.25, 0.3) is 0 Å². The first-order valence-electron chi connectivity index (χ1n) is 8.95. The summed E-state index contributed by atoms with van der Waals surface area (Å²) in [6.45, 7) is 0.723. The zero-order valence-electron chi connectivity index (χ0n) is 14.4. The van der Waals surface area contributed by atoms with E-state index in [1.807, 2.05) is 30.3 Å².